The van der Waals surface area contributed by atoms with Crippen molar-refractivity contribution in [1.29, 1.82) is 0 Å². The van der Waals surface area contributed by atoms with Crippen molar-refractivity contribution >= 4 is 32.9 Å². The van der Waals surface area contributed by atoms with Gasteiger partial charge >= 0.3 is 5.97 Å². The highest BCUT2D eigenvalue weighted by Crippen LogP contribution is 2.30. The summed E-state index contributed by atoms with van der Waals surface area (Å²) in [5.74, 6) is -0.195. The minimum absolute atomic E-state index is 0.195. The summed E-state index contributed by atoms with van der Waals surface area (Å²) in [7, 11) is 0. The maximum Gasteiger partial charge on any atom is 0.330 e. The van der Waals surface area contributed by atoms with E-state index in [1.807, 2.05) is 45.2 Å². The number of fused-ring (bicyclic) bond motifs is 1. The Kier molecular flexibility index (Phi) is 5.63. The van der Waals surface area contributed by atoms with Crippen LogP contribution in [-0.2, 0) is 9.63 Å². The summed E-state index contributed by atoms with van der Waals surface area (Å²) in [4.78, 5) is 27.0. The van der Waals surface area contributed by atoms with E-state index in [4.69, 9.17) is 9.82 Å². The number of piperidine rings is 1. The van der Waals surface area contributed by atoms with Gasteiger partial charge in [0.2, 0.25) is 0 Å². The molecule has 0 N–H and O–H groups in total. The number of halogens is 1. The number of nitrogens with zero attached hydrogens (tertiary/aromatic N) is 5. The van der Waals surface area contributed by atoms with Crippen LogP contribution < -0.4 is 0 Å². The molecule has 1 aliphatic rings. The molecule has 8 heteroatoms. The Bertz CT molecular complexity index is 1080. The number of aromatic nitrogens is 4. The van der Waals surface area contributed by atoms with Crippen LogP contribution >= 0.6 is 15.9 Å². The van der Waals surface area contributed by atoms with Gasteiger partial charge in [-0.05, 0) is 68.6 Å². The quantitative estimate of drug-likeness (QED) is 0.550. The lowest BCUT2D eigenvalue weighted by atomic mass is 9.98. The van der Waals surface area contributed by atoms with Gasteiger partial charge in [0.15, 0.2) is 0 Å². The maximum atomic E-state index is 12.1. The topological polar surface area (TPSA) is 73.1 Å². The molecule has 0 radical (unpaired) electrons. The summed E-state index contributed by atoms with van der Waals surface area (Å²) in [6.45, 7) is 9.06. The zero-order valence-electron chi connectivity index (χ0n) is 17.7. The monoisotopic (exact) mass is 471 g/mol. The molecule has 0 aliphatic carbocycles. The fourth-order valence-corrected chi connectivity index (χ4v) is 4.05. The Labute approximate surface area is 184 Å². The summed E-state index contributed by atoms with van der Waals surface area (Å²) in [6.07, 6.45) is 5.41. The van der Waals surface area contributed by atoms with Gasteiger partial charge in [0.05, 0.1) is 35.1 Å². The standard InChI is InChI=1S/C22H26BrN5O2/c1-14-16(19-13-24-18-7-5-6-17(23)20(18)26-19)12-25-28(14)15-8-10-27(11-9-15)30-21(29)22(2,3)4/h5-7,12-13,15H,8-11H2,1-4H3. The van der Waals surface area contributed by atoms with E-state index >= 15 is 0 Å². The van der Waals surface area contributed by atoms with E-state index in [2.05, 4.69) is 37.6 Å². The van der Waals surface area contributed by atoms with Gasteiger partial charge in [-0.1, -0.05) is 6.07 Å². The van der Waals surface area contributed by atoms with Crippen molar-refractivity contribution in [3.63, 3.8) is 0 Å². The van der Waals surface area contributed by atoms with Gasteiger partial charge in [-0.15, -0.1) is 5.06 Å². The summed E-state index contributed by atoms with van der Waals surface area (Å²) in [6, 6.07) is 6.14. The average molecular weight is 472 g/mol. The molecule has 1 aliphatic heterocycles. The molecular weight excluding hydrogens is 446 g/mol. The minimum atomic E-state index is -0.500. The molecule has 0 saturated carbocycles. The van der Waals surface area contributed by atoms with Crippen molar-refractivity contribution in [3.05, 3.63) is 40.8 Å². The number of para-hydroxylation sites is 1. The molecule has 1 aromatic carbocycles. The molecule has 3 aromatic rings. The molecule has 0 unspecified atom stereocenters. The van der Waals surface area contributed by atoms with Crippen LogP contribution in [0, 0.1) is 12.3 Å². The van der Waals surface area contributed by atoms with Crippen molar-refractivity contribution in [1.82, 2.24) is 24.8 Å². The van der Waals surface area contributed by atoms with Crippen LogP contribution in [0.2, 0.25) is 0 Å². The number of benzene rings is 1. The first-order chi connectivity index (χ1) is 14.2. The molecule has 158 valence electrons. The Morgan fingerprint density at radius 1 is 1.20 bits per heavy atom. The first kappa shape index (κ1) is 20.9. The van der Waals surface area contributed by atoms with E-state index in [9.17, 15) is 4.79 Å². The van der Waals surface area contributed by atoms with E-state index in [0.29, 0.717) is 13.1 Å². The van der Waals surface area contributed by atoms with Crippen molar-refractivity contribution in [2.24, 2.45) is 5.41 Å². The largest absolute Gasteiger partial charge is 0.367 e. The molecule has 7 nitrogen and oxygen atoms in total. The zero-order valence-corrected chi connectivity index (χ0v) is 19.3. The third-order valence-electron chi connectivity index (χ3n) is 5.44. The fourth-order valence-electron chi connectivity index (χ4n) is 3.60. The second kappa shape index (κ2) is 8.07. The van der Waals surface area contributed by atoms with Crippen LogP contribution in [0.15, 0.2) is 35.1 Å². The molecule has 2 aromatic heterocycles. The van der Waals surface area contributed by atoms with Crippen LogP contribution in [0.25, 0.3) is 22.3 Å². The highest BCUT2D eigenvalue weighted by molar-refractivity contribution is 9.10. The smallest absolute Gasteiger partial charge is 0.330 e. The zero-order chi connectivity index (χ0) is 21.5. The molecule has 0 bridgehead atoms. The van der Waals surface area contributed by atoms with Crippen LogP contribution in [0.1, 0.15) is 45.3 Å². The van der Waals surface area contributed by atoms with Crippen molar-refractivity contribution in [2.75, 3.05) is 13.1 Å². The fraction of sp³-hybridized carbons (Fsp3) is 0.455. The molecular formula is C22H26BrN5O2. The Morgan fingerprint density at radius 2 is 1.93 bits per heavy atom. The maximum absolute atomic E-state index is 12.1. The van der Waals surface area contributed by atoms with E-state index in [-0.39, 0.29) is 12.0 Å². The second-order valence-corrected chi connectivity index (χ2v) is 9.59. The van der Waals surface area contributed by atoms with E-state index < -0.39 is 5.41 Å². The van der Waals surface area contributed by atoms with Crippen molar-refractivity contribution in [3.8, 4) is 11.3 Å². The molecule has 0 atom stereocenters. The van der Waals surface area contributed by atoms with Gasteiger partial charge < -0.3 is 4.84 Å². The first-order valence-corrected chi connectivity index (χ1v) is 11.0. The third-order valence-corrected chi connectivity index (χ3v) is 6.08. The summed E-state index contributed by atoms with van der Waals surface area (Å²) < 4.78 is 3.00. The number of hydrogen-bond acceptors (Lipinski definition) is 6. The predicted octanol–water partition coefficient (Wildman–Crippen LogP) is 4.71. The van der Waals surface area contributed by atoms with Crippen LogP contribution in [0.4, 0.5) is 0 Å². The SMILES string of the molecule is Cc1c(-c2cnc3cccc(Br)c3n2)cnn1C1CCN(OC(=O)C(C)(C)C)CC1. The number of carbonyl (C=O) groups excluding carboxylic acids is 1. The summed E-state index contributed by atoms with van der Waals surface area (Å²) in [5.41, 5.74) is 4.07. The van der Waals surface area contributed by atoms with Crippen molar-refractivity contribution in [2.45, 2.75) is 46.6 Å². The lowest BCUT2D eigenvalue weighted by Crippen LogP contribution is -2.39. The van der Waals surface area contributed by atoms with Gasteiger partial charge in [-0.3, -0.25) is 9.67 Å². The lowest BCUT2D eigenvalue weighted by Gasteiger charge is -2.32. The first-order valence-electron chi connectivity index (χ1n) is 10.2. The van der Waals surface area contributed by atoms with E-state index in [1.165, 1.54) is 0 Å². The lowest BCUT2D eigenvalue weighted by molar-refractivity contribution is -0.205. The molecule has 0 spiro atoms. The van der Waals surface area contributed by atoms with Gasteiger partial charge in [-0.25, -0.2) is 9.78 Å². The summed E-state index contributed by atoms with van der Waals surface area (Å²) in [5, 5.41) is 6.43. The Morgan fingerprint density at radius 3 is 2.63 bits per heavy atom. The normalized spacial score (nSPS) is 16.2. The average Bonchev–Trinajstić information content (AvgIpc) is 3.09. The Balaban J connectivity index is 1.49. The number of rotatable bonds is 3. The molecule has 4 rings (SSSR count). The molecule has 0 amide bonds. The third kappa shape index (κ3) is 4.11. The predicted molar refractivity (Wildman–Crippen MR) is 119 cm³/mol. The van der Waals surface area contributed by atoms with Crippen LogP contribution in [0.3, 0.4) is 0 Å². The molecule has 30 heavy (non-hydrogen) atoms. The molecule has 1 saturated heterocycles. The van der Waals surface area contributed by atoms with E-state index in [1.54, 1.807) is 11.3 Å². The minimum Gasteiger partial charge on any atom is -0.367 e. The molecule has 1 fully saturated rings. The van der Waals surface area contributed by atoms with Gasteiger partial charge in [0.1, 0.15) is 5.52 Å². The van der Waals surface area contributed by atoms with Crippen LogP contribution in [0.5, 0.6) is 0 Å². The Hall–Kier alpha value is -2.32. The number of hydroxylamine groups is 2. The van der Waals surface area contributed by atoms with Gasteiger partial charge in [-0.2, -0.15) is 5.10 Å². The van der Waals surface area contributed by atoms with Crippen LogP contribution in [-0.4, -0.2) is 43.9 Å². The highest BCUT2D eigenvalue weighted by Gasteiger charge is 2.29. The second-order valence-electron chi connectivity index (χ2n) is 8.74. The summed E-state index contributed by atoms with van der Waals surface area (Å²) >= 11 is 3.56. The number of hydrogen-bond donors (Lipinski definition) is 0. The van der Waals surface area contributed by atoms with E-state index in [0.717, 1.165) is 45.3 Å². The van der Waals surface area contributed by atoms with Gasteiger partial charge in [0, 0.05) is 28.8 Å². The molecule has 3 heterocycles. The number of carbonyl (C=O) groups is 1. The van der Waals surface area contributed by atoms with Crippen molar-refractivity contribution < 1.29 is 9.63 Å². The highest BCUT2D eigenvalue weighted by atomic mass is 79.9. The van der Waals surface area contributed by atoms with Gasteiger partial charge in [0.25, 0.3) is 0 Å².